The smallest absolute Gasteiger partial charge is 0.263 e. The highest BCUT2D eigenvalue weighted by Crippen LogP contribution is 2.34. The zero-order chi connectivity index (χ0) is 14.3. The molecule has 7 heteroatoms. The van der Waals surface area contributed by atoms with Gasteiger partial charge in [-0.3, -0.25) is 4.57 Å². The van der Waals surface area contributed by atoms with E-state index in [1.54, 1.807) is 36.9 Å². The lowest BCUT2D eigenvalue weighted by molar-refractivity contribution is -0.737. The first-order valence-corrected chi connectivity index (χ1v) is 8.26. The Bertz CT molecular complexity index is 539. The van der Waals surface area contributed by atoms with Crippen LogP contribution >= 0.6 is 7.37 Å². The second kappa shape index (κ2) is 7.07. The maximum absolute atomic E-state index is 11.2. The Kier molecular flexibility index (Phi) is 5.73. The van der Waals surface area contributed by atoms with Crippen LogP contribution in [-0.2, 0) is 10.9 Å². The standard InChI is InChI=1S/C10H11N4O2P.C2H6/c1-17(15,16)8-14-6-3-9(7-13-14)10-11-4-2-5-12-10;1-2/h2-7H,8H2,1H3;1-2H3/p+1. The quantitative estimate of drug-likeness (QED) is 0.684. The average molecular weight is 281 g/mol. The number of aromatic nitrogens is 4. The summed E-state index contributed by atoms with van der Waals surface area (Å²) in [6.07, 6.45) is 6.51. The SMILES string of the molecule is CC.CP(=O)(O)C[n+]1ccc(-c2ncccn2)cn1. The molecule has 0 bridgehead atoms. The van der Waals surface area contributed by atoms with E-state index in [0.717, 1.165) is 5.56 Å². The molecule has 0 radical (unpaired) electrons. The van der Waals surface area contributed by atoms with E-state index >= 15 is 0 Å². The van der Waals surface area contributed by atoms with E-state index in [-0.39, 0.29) is 6.29 Å². The average Bonchev–Trinajstić information content (AvgIpc) is 2.41. The lowest BCUT2D eigenvalue weighted by atomic mass is 10.3. The van der Waals surface area contributed by atoms with Gasteiger partial charge in [-0.1, -0.05) is 18.5 Å². The maximum Gasteiger partial charge on any atom is 0.263 e. The van der Waals surface area contributed by atoms with Gasteiger partial charge in [0.2, 0.25) is 6.29 Å². The highest BCUT2D eigenvalue weighted by Gasteiger charge is 2.18. The van der Waals surface area contributed by atoms with Gasteiger partial charge in [0.05, 0.1) is 0 Å². The predicted octanol–water partition coefficient (Wildman–Crippen LogP) is 1.71. The van der Waals surface area contributed by atoms with Crippen LogP contribution in [0.4, 0.5) is 0 Å². The Balaban J connectivity index is 0.000000861. The van der Waals surface area contributed by atoms with Gasteiger partial charge in [-0.05, 0) is 11.2 Å². The molecule has 1 N–H and O–H groups in total. The van der Waals surface area contributed by atoms with E-state index in [4.69, 9.17) is 0 Å². The zero-order valence-corrected chi connectivity index (χ0v) is 12.2. The van der Waals surface area contributed by atoms with Gasteiger partial charge < -0.3 is 4.89 Å². The number of hydrogen-bond acceptors (Lipinski definition) is 4. The third-order valence-corrected chi connectivity index (χ3v) is 2.82. The molecule has 0 saturated carbocycles. The van der Waals surface area contributed by atoms with Crippen molar-refractivity contribution >= 4 is 7.37 Å². The molecule has 0 saturated heterocycles. The molecule has 6 nitrogen and oxygen atoms in total. The van der Waals surface area contributed by atoms with Gasteiger partial charge in [-0.2, -0.15) is 0 Å². The van der Waals surface area contributed by atoms with Crippen molar-refractivity contribution in [3.8, 4) is 11.4 Å². The summed E-state index contributed by atoms with van der Waals surface area (Å²) in [4.78, 5) is 17.4. The number of rotatable bonds is 3. The second-order valence-electron chi connectivity index (χ2n) is 3.72. The van der Waals surface area contributed by atoms with Crippen LogP contribution < -0.4 is 4.68 Å². The molecular formula is C12H18N4O2P+. The Morgan fingerprint density at radius 1 is 1.32 bits per heavy atom. The third-order valence-electron chi connectivity index (χ3n) is 2.00. The summed E-state index contributed by atoms with van der Waals surface area (Å²) in [5.74, 6) is 0.579. The van der Waals surface area contributed by atoms with Crippen LogP contribution in [0.3, 0.4) is 0 Å². The van der Waals surface area contributed by atoms with E-state index < -0.39 is 7.37 Å². The second-order valence-corrected chi connectivity index (χ2v) is 6.10. The van der Waals surface area contributed by atoms with Gasteiger partial charge in [-0.15, -0.1) is 0 Å². The molecule has 0 aliphatic heterocycles. The van der Waals surface area contributed by atoms with Crippen molar-refractivity contribution in [3.05, 3.63) is 36.9 Å². The molecule has 0 aliphatic rings. The van der Waals surface area contributed by atoms with E-state index in [0.29, 0.717) is 5.82 Å². The molecule has 2 aromatic heterocycles. The van der Waals surface area contributed by atoms with Crippen molar-refractivity contribution in [2.24, 2.45) is 0 Å². The van der Waals surface area contributed by atoms with Crippen LogP contribution in [0.5, 0.6) is 0 Å². The van der Waals surface area contributed by atoms with Gasteiger partial charge in [-0.25, -0.2) is 9.97 Å². The summed E-state index contributed by atoms with van der Waals surface area (Å²) in [6.45, 7) is 5.30. The first kappa shape index (κ1) is 15.4. The van der Waals surface area contributed by atoms with Gasteiger partial charge in [0.15, 0.2) is 12.0 Å². The zero-order valence-electron chi connectivity index (χ0n) is 11.3. The van der Waals surface area contributed by atoms with Crippen LogP contribution in [0.1, 0.15) is 13.8 Å². The molecule has 0 aromatic carbocycles. The van der Waals surface area contributed by atoms with E-state index in [1.165, 1.54) is 11.3 Å². The molecule has 0 amide bonds. The molecule has 19 heavy (non-hydrogen) atoms. The third kappa shape index (κ3) is 5.24. The monoisotopic (exact) mass is 281 g/mol. The maximum atomic E-state index is 11.2. The summed E-state index contributed by atoms with van der Waals surface area (Å²) in [5.41, 5.74) is 0.769. The summed E-state index contributed by atoms with van der Waals surface area (Å²) >= 11 is 0. The van der Waals surface area contributed by atoms with Crippen molar-refractivity contribution in [1.82, 2.24) is 15.1 Å². The van der Waals surface area contributed by atoms with E-state index in [9.17, 15) is 9.46 Å². The summed E-state index contributed by atoms with van der Waals surface area (Å²) in [7, 11) is -3.11. The fraction of sp³-hybridized carbons (Fsp3) is 0.333. The first-order valence-electron chi connectivity index (χ1n) is 5.97. The van der Waals surface area contributed by atoms with Gasteiger partial charge in [0, 0.05) is 30.7 Å². The predicted molar refractivity (Wildman–Crippen MR) is 72.6 cm³/mol. The molecular weight excluding hydrogens is 263 g/mol. The highest BCUT2D eigenvalue weighted by molar-refractivity contribution is 7.55. The molecule has 2 rings (SSSR count). The van der Waals surface area contributed by atoms with Gasteiger partial charge in [0.25, 0.3) is 7.37 Å². The van der Waals surface area contributed by atoms with Crippen molar-refractivity contribution in [1.29, 1.82) is 0 Å². The molecule has 2 heterocycles. The molecule has 0 fully saturated rings. The van der Waals surface area contributed by atoms with Crippen molar-refractivity contribution < 1.29 is 14.1 Å². The Morgan fingerprint density at radius 3 is 2.42 bits per heavy atom. The van der Waals surface area contributed by atoms with Crippen LogP contribution in [0.15, 0.2) is 36.9 Å². The van der Waals surface area contributed by atoms with Gasteiger partial charge >= 0.3 is 0 Å². The van der Waals surface area contributed by atoms with Crippen molar-refractivity contribution in [2.75, 3.05) is 6.66 Å². The molecule has 102 valence electrons. The topological polar surface area (TPSA) is 79.9 Å². The molecule has 2 aromatic rings. The minimum atomic E-state index is -3.11. The van der Waals surface area contributed by atoms with E-state index in [1.807, 2.05) is 13.8 Å². The minimum Gasteiger partial charge on any atom is -0.340 e. The fourth-order valence-electron chi connectivity index (χ4n) is 1.32. The van der Waals surface area contributed by atoms with Crippen LogP contribution in [0, 0.1) is 0 Å². The summed E-state index contributed by atoms with van der Waals surface area (Å²) in [5, 5.41) is 4.04. The van der Waals surface area contributed by atoms with E-state index in [2.05, 4.69) is 15.1 Å². The minimum absolute atomic E-state index is 0.00290. The molecule has 0 spiro atoms. The summed E-state index contributed by atoms with van der Waals surface area (Å²) < 4.78 is 12.6. The molecule has 0 aliphatic carbocycles. The van der Waals surface area contributed by atoms with Crippen LogP contribution in [0.25, 0.3) is 11.4 Å². The number of hydrogen-bond donors (Lipinski definition) is 1. The normalized spacial score (nSPS) is 13.1. The first-order chi connectivity index (χ1) is 9.04. The molecule has 1 atom stereocenters. The lowest BCUT2D eigenvalue weighted by Crippen LogP contribution is -2.37. The van der Waals surface area contributed by atoms with Crippen molar-refractivity contribution in [2.45, 2.75) is 20.1 Å². The Morgan fingerprint density at radius 2 is 1.95 bits per heavy atom. The number of nitrogens with zero attached hydrogens (tertiary/aromatic N) is 4. The van der Waals surface area contributed by atoms with Crippen LogP contribution in [-0.4, -0.2) is 26.6 Å². The van der Waals surface area contributed by atoms with Crippen molar-refractivity contribution in [3.63, 3.8) is 0 Å². The highest BCUT2D eigenvalue weighted by atomic mass is 31.2. The molecule has 1 unspecified atom stereocenters. The van der Waals surface area contributed by atoms with Gasteiger partial charge in [0.1, 0.15) is 6.20 Å². The van der Waals surface area contributed by atoms with Crippen LogP contribution in [0.2, 0.25) is 0 Å². The Hall–Kier alpha value is -1.65. The lowest BCUT2D eigenvalue weighted by Gasteiger charge is -1.99. The summed E-state index contributed by atoms with van der Waals surface area (Å²) in [6, 6.07) is 3.50. The largest absolute Gasteiger partial charge is 0.340 e. The Labute approximate surface area is 112 Å². The fourth-order valence-corrected chi connectivity index (χ4v) is 2.02.